The largest absolute Gasteiger partial charge is 0.455 e. The topological polar surface area (TPSA) is 81.9 Å². The monoisotopic (exact) mass is 262 g/mol. The Morgan fingerprint density at radius 1 is 1.21 bits per heavy atom. The first-order valence-corrected chi connectivity index (χ1v) is 5.32. The minimum atomic E-state index is -0.907. The molecule has 0 fully saturated rings. The zero-order chi connectivity index (χ0) is 13.7. The molecule has 98 valence electrons. The zero-order valence-corrected chi connectivity index (χ0v) is 9.98. The second kappa shape index (κ2) is 5.67. The third-order valence-corrected chi connectivity index (χ3v) is 1.98. The van der Waals surface area contributed by atoms with Crippen LogP contribution < -0.4 is 9.80 Å². The molecular weight excluding hydrogens is 252 g/mol. The molecule has 1 aromatic heterocycles. The number of benzene rings is 1. The number of aromatic nitrogens is 1. The standard InChI is InChI=1S/C12H10N2O5/c1-9(15)19-14(10-5-3-2-4-6-10)12(16)18-11-7-8-17-13-11/h2-8H,1H3. The summed E-state index contributed by atoms with van der Waals surface area (Å²) in [6.45, 7) is 1.18. The number of amides is 1. The Morgan fingerprint density at radius 3 is 2.53 bits per heavy atom. The van der Waals surface area contributed by atoms with Crippen LogP contribution in [0, 0.1) is 0 Å². The summed E-state index contributed by atoms with van der Waals surface area (Å²) in [6, 6.07) is 9.68. The second-order valence-electron chi connectivity index (χ2n) is 3.42. The molecule has 7 heteroatoms. The van der Waals surface area contributed by atoms with Crippen molar-refractivity contribution in [3.8, 4) is 5.88 Å². The molecule has 2 rings (SSSR count). The number of anilines is 1. The highest BCUT2D eigenvalue weighted by Crippen LogP contribution is 2.16. The summed E-state index contributed by atoms with van der Waals surface area (Å²) in [6.07, 6.45) is 0.344. The van der Waals surface area contributed by atoms with E-state index in [-0.39, 0.29) is 5.88 Å². The number of carbonyl (C=O) groups excluding carboxylic acids is 2. The smallest absolute Gasteiger partial charge is 0.385 e. The minimum Gasteiger partial charge on any atom is -0.385 e. The number of rotatable bonds is 2. The first-order valence-electron chi connectivity index (χ1n) is 5.32. The van der Waals surface area contributed by atoms with Crippen molar-refractivity contribution in [1.82, 2.24) is 5.16 Å². The molecule has 0 atom stereocenters. The van der Waals surface area contributed by atoms with Crippen LogP contribution in [0.1, 0.15) is 6.92 Å². The lowest BCUT2D eigenvalue weighted by Crippen LogP contribution is -2.35. The van der Waals surface area contributed by atoms with E-state index in [2.05, 4.69) is 9.68 Å². The molecule has 0 aliphatic carbocycles. The highest BCUT2D eigenvalue weighted by atomic mass is 16.8. The summed E-state index contributed by atoms with van der Waals surface area (Å²) in [5.74, 6) is -0.681. The van der Waals surface area contributed by atoms with Crippen molar-refractivity contribution in [3.63, 3.8) is 0 Å². The van der Waals surface area contributed by atoms with Gasteiger partial charge in [-0.2, -0.15) is 0 Å². The van der Waals surface area contributed by atoms with Crippen molar-refractivity contribution in [2.45, 2.75) is 6.92 Å². The van der Waals surface area contributed by atoms with E-state index in [1.165, 1.54) is 19.3 Å². The molecule has 1 amide bonds. The Kier molecular flexibility index (Phi) is 3.77. The molecule has 0 saturated carbocycles. The SMILES string of the molecule is CC(=O)ON(C(=O)Oc1ccon1)c1ccccc1. The number of hydrogen-bond donors (Lipinski definition) is 0. The number of hydrogen-bond acceptors (Lipinski definition) is 6. The molecular formula is C12H10N2O5. The van der Waals surface area contributed by atoms with Crippen LogP contribution in [0.5, 0.6) is 5.88 Å². The van der Waals surface area contributed by atoms with Crippen LogP contribution in [-0.2, 0) is 9.63 Å². The van der Waals surface area contributed by atoms with Crippen molar-refractivity contribution in [1.29, 1.82) is 0 Å². The van der Waals surface area contributed by atoms with Crippen LogP contribution in [0.15, 0.2) is 47.2 Å². The van der Waals surface area contributed by atoms with E-state index in [1.807, 2.05) is 0 Å². The van der Waals surface area contributed by atoms with Crippen LogP contribution in [0.2, 0.25) is 0 Å². The van der Waals surface area contributed by atoms with Gasteiger partial charge in [0, 0.05) is 13.0 Å². The molecule has 1 heterocycles. The lowest BCUT2D eigenvalue weighted by atomic mass is 10.3. The van der Waals surface area contributed by atoms with Crippen molar-refractivity contribution in [3.05, 3.63) is 42.7 Å². The van der Waals surface area contributed by atoms with E-state index in [4.69, 9.17) is 9.57 Å². The van der Waals surface area contributed by atoms with Gasteiger partial charge in [0.2, 0.25) is 0 Å². The van der Waals surface area contributed by atoms with Crippen molar-refractivity contribution < 1.29 is 23.7 Å². The highest BCUT2D eigenvalue weighted by molar-refractivity contribution is 5.89. The Hall–Kier alpha value is -2.83. The predicted octanol–water partition coefficient (Wildman–Crippen LogP) is 2.16. The molecule has 0 aliphatic heterocycles. The number of hydroxylamine groups is 1. The summed E-state index contributed by atoms with van der Waals surface area (Å²) >= 11 is 0. The summed E-state index contributed by atoms with van der Waals surface area (Å²) in [7, 11) is 0. The lowest BCUT2D eigenvalue weighted by molar-refractivity contribution is -0.141. The first kappa shape index (κ1) is 12.6. The molecule has 0 saturated heterocycles. The lowest BCUT2D eigenvalue weighted by Gasteiger charge is -2.18. The van der Waals surface area contributed by atoms with E-state index in [9.17, 15) is 9.59 Å². The fraction of sp³-hybridized carbons (Fsp3) is 0.0833. The maximum atomic E-state index is 11.9. The zero-order valence-electron chi connectivity index (χ0n) is 9.98. The number of nitrogens with zero attached hydrogens (tertiary/aromatic N) is 2. The summed E-state index contributed by atoms with van der Waals surface area (Å²) in [4.78, 5) is 27.7. The Bertz CT molecular complexity index is 553. The Morgan fingerprint density at radius 2 is 1.95 bits per heavy atom. The van der Waals surface area contributed by atoms with Gasteiger partial charge >= 0.3 is 12.1 Å². The molecule has 0 radical (unpaired) electrons. The second-order valence-corrected chi connectivity index (χ2v) is 3.42. The maximum Gasteiger partial charge on any atom is 0.455 e. The number of carbonyl (C=O) groups is 2. The molecule has 19 heavy (non-hydrogen) atoms. The molecule has 1 aromatic carbocycles. The third-order valence-electron chi connectivity index (χ3n) is 1.98. The summed E-state index contributed by atoms with van der Waals surface area (Å²) in [5, 5.41) is 4.16. The normalized spacial score (nSPS) is 9.74. The minimum absolute atomic E-state index is 0.0296. The Balaban J connectivity index is 2.18. The van der Waals surface area contributed by atoms with Gasteiger partial charge < -0.3 is 14.1 Å². The van der Waals surface area contributed by atoms with E-state index >= 15 is 0 Å². The molecule has 2 aromatic rings. The third kappa shape index (κ3) is 3.32. The predicted molar refractivity (Wildman–Crippen MR) is 63.2 cm³/mol. The average molecular weight is 262 g/mol. The van der Waals surface area contributed by atoms with Gasteiger partial charge in [-0.15, -0.1) is 5.06 Å². The molecule has 7 nitrogen and oxygen atoms in total. The van der Waals surface area contributed by atoms with Gasteiger partial charge in [-0.3, -0.25) is 0 Å². The van der Waals surface area contributed by atoms with Crippen LogP contribution in [0.3, 0.4) is 0 Å². The fourth-order valence-electron chi connectivity index (χ4n) is 1.27. The van der Waals surface area contributed by atoms with Gasteiger partial charge in [-0.05, 0) is 17.3 Å². The quantitative estimate of drug-likeness (QED) is 0.771. The van der Waals surface area contributed by atoms with Gasteiger partial charge in [0.25, 0.3) is 5.88 Å². The van der Waals surface area contributed by atoms with E-state index in [1.54, 1.807) is 30.3 Å². The molecule has 0 unspecified atom stereocenters. The summed E-state index contributed by atoms with van der Waals surface area (Å²) in [5.41, 5.74) is 0.353. The van der Waals surface area contributed by atoms with E-state index < -0.39 is 12.1 Å². The molecule has 0 N–H and O–H groups in total. The van der Waals surface area contributed by atoms with Crippen molar-refractivity contribution in [2.24, 2.45) is 0 Å². The first-order chi connectivity index (χ1) is 9.16. The van der Waals surface area contributed by atoms with Gasteiger partial charge in [0.05, 0.1) is 5.69 Å². The van der Waals surface area contributed by atoms with Crippen LogP contribution in [-0.4, -0.2) is 17.2 Å². The maximum absolute atomic E-state index is 11.9. The molecule has 0 spiro atoms. The van der Waals surface area contributed by atoms with Crippen molar-refractivity contribution >= 4 is 17.7 Å². The van der Waals surface area contributed by atoms with Crippen LogP contribution in [0.4, 0.5) is 10.5 Å². The number of ether oxygens (including phenoxy) is 1. The van der Waals surface area contributed by atoms with Crippen LogP contribution in [0.25, 0.3) is 0 Å². The Labute approximate surface area is 108 Å². The number of para-hydroxylation sites is 1. The summed E-state index contributed by atoms with van der Waals surface area (Å²) < 4.78 is 9.41. The fourth-order valence-corrected chi connectivity index (χ4v) is 1.27. The van der Waals surface area contributed by atoms with Gasteiger partial charge in [-0.25, -0.2) is 9.59 Å². The molecule has 0 bridgehead atoms. The van der Waals surface area contributed by atoms with Gasteiger partial charge in [-0.1, -0.05) is 18.2 Å². The van der Waals surface area contributed by atoms with E-state index in [0.717, 1.165) is 5.06 Å². The van der Waals surface area contributed by atoms with E-state index in [0.29, 0.717) is 5.69 Å². The van der Waals surface area contributed by atoms with Crippen LogP contribution >= 0.6 is 0 Å². The molecule has 0 aliphatic rings. The average Bonchev–Trinajstić information content (AvgIpc) is 2.89. The van der Waals surface area contributed by atoms with Gasteiger partial charge in [0.1, 0.15) is 6.26 Å². The highest BCUT2D eigenvalue weighted by Gasteiger charge is 2.22. The van der Waals surface area contributed by atoms with Gasteiger partial charge in [0.15, 0.2) is 0 Å². The van der Waals surface area contributed by atoms with Crippen molar-refractivity contribution in [2.75, 3.05) is 5.06 Å².